The Bertz CT molecular complexity index is 591. The summed E-state index contributed by atoms with van der Waals surface area (Å²) in [4.78, 5) is 7.50. The zero-order valence-electron chi connectivity index (χ0n) is 12.8. The predicted octanol–water partition coefficient (Wildman–Crippen LogP) is 2.30. The highest BCUT2D eigenvalue weighted by atomic mass is 16.6. The van der Waals surface area contributed by atoms with E-state index in [1.54, 1.807) is 0 Å². The lowest BCUT2D eigenvalue weighted by atomic mass is 10.2. The molecule has 2 N–H and O–H groups in total. The summed E-state index contributed by atoms with van der Waals surface area (Å²) < 4.78 is 0. The van der Waals surface area contributed by atoms with E-state index in [0.29, 0.717) is 13.2 Å². The molecule has 116 valence electrons. The van der Waals surface area contributed by atoms with Gasteiger partial charge in [-0.1, -0.05) is 60.7 Å². The van der Waals surface area contributed by atoms with E-state index < -0.39 is 5.72 Å². The minimum absolute atomic E-state index is 0.125. The SMILES string of the molecule is C[C@@H]1N(Cc2ccccc2)C1(O)CNOCc1ccccc1. The van der Waals surface area contributed by atoms with Gasteiger partial charge in [0.2, 0.25) is 0 Å². The maximum absolute atomic E-state index is 10.6. The van der Waals surface area contributed by atoms with Gasteiger partial charge in [0.25, 0.3) is 0 Å². The van der Waals surface area contributed by atoms with Gasteiger partial charge in [-0.15, -0.1) is 0 Å². The molecular formula is C18H22N2O2. The molecule has 0 bridgehead atoms. The fraction of sp³-hybridized carbons (Fsp3) is 0.333. The third-order valence-corrected chi connectivity index (χ3v) is 4.28. The highest BCUT2D eigenvalue weighted by Crippen LogP contribution is 2.39. The van der Waals surface area contributed by atoms with Crippen LogP contribution in [0.25, 0.3) is 0 Å². The second-order valence-electron chi connectivity index (χ2n) is 5.76. The highest BCUT2D eigenvalue weighted by molar-refractivity contribution is 5.19. The predicted molar refractivity (Wildman–Crippen MR) is 85.6 cm³/mol. The van der Waals surface area contributed by atoms with E-state index in [4.69, 9.17) is 4.84 Å². The molecule has 0 aliphatic carbocycles. The molecule has 1 fully saturated rings. The first-order valence-corrected chi connectivity index (χ1v) is 7.62. The van der Waals surface area contributed by atoms with E-state index in [-0.39, 0.29) is 6.04 Å². The molecule has 22 heavy (non-hydrogen) atoms. The molecule has 1 heterocycles. The van der Waals surface area contributed by atoms with Crippen LogP contribution in [0.5, 0.6) is 0 Å². The van der Waals surface area contributed by atoms with E-state index in [2.05, 4.69) is 22.5 Å². The van der Waals surface area contributed by atoms with Crippen molar-refractivity contribution in [3.63, 3.8) is 0 Å². The van der Waals surface area contributed by atoms with Crippen molar-refractivity contribution in [3.05, 3.63) is 71.8 Å². The fourth-order valence-electron chi connectivity index (χ4n) is 2.70. The number of rotatable bonds is 7. The second-order valence-corrected chi connectivity index (χ2v) is 5.76. The summed E-state index contributed by atoms with van der Waals surface area (Å²) in [5, 5.41) is 10.6. The van der Waals surface area contributed by atoms with E-state index in [1.165, 1.54) is 5.56 Å². The quantitative estimate of drug-likeness (QED) is 0.468. The average molecular weight is 298 g/mol. The summed E-state index contributed by atoms with van der Waals surface area (Å²) >= 11 is 0. The van der Waals surface area contributed by atoms with Crippen LogP contribution >= 0.6 is 0 Å². The Labute approximate surface area is 131 Å². The summed E-state index contributed by atoms with van der Waals surface area (Å²) in [6.07, 6.45) is 0. The Morgan fingerprint density at radius 2 is 1.64 bits per heavy atom. The Morgan fingerprint density at radius 3 is 2.27 bits per heavy atom. The molecule has 0 saturated carbocycles. The Hall–Kier alpha value is -1.72. The molecule has 2 aromatic rings. The van der Waals surface area contributed by atoms with Crippen molar-refractivity contribution in [3.8, 4) is 0 Å². The Kier molecular flexibility index (Phi) is 4.55. The van der Waals surface area contributed by atoms with Crippen molar-refractivity contribution >= 4 is 0 Å². The minimum Gasteiger partial charge on any atom is -0.372 e. The highest BCUT2D eigenvalue weighted by Gasteiger charge is 2.58. The number of hydrogen-bond acceptors (Lipinski definition) is 4. The minimum atomic E-state index is -0.827. The van der Waals surface area contributed by atoms with E-state index in [9.17, 15) is 5.11 Å². The van der Waals surface area contributed by atoms with Gasteiger partial charge < -0.3 is 5.11 Å². The summed E-state index contributed by atoms with van der Waals surface area (Å²) in [6.45, 7) is 3.67. The van der Waals surface area contributed by atoms with Crippen LogP contribution in [-0.4, -0.2) is 28.3 Å². The number of aliphatic hydroxyl groups is 1. The lowest BCUT2D eigenvalue weighted by molar-refractivity contribution is -0.0201. The molecule has 1 saturated heterocycles. The maximum Gasteiger partial charge on any atom is 0.149 e. The van der Waals surface area contributed by atoms with Gasteiger partial charge in [0.1, 0.15) is 5.72 Å². The molecule has 1 aliphatic heterocycles. The fourth-order valence-corrected chi connectivity index (χ4v) is 2.70. The van der Waals surface area contributed by atoms with Crippen LogP contribution < -0.4 is 5.48 Å². The van der Waals surface area contributed by atoms with Crippen LogP contribution in [-0.2, 0) is 18.0 Å². The monoisotopic (exact) mass is 298 g/mol. The van der Waals surface area contributed by atoms with Crippen molar-refractivity contribution < 1.29 is 9.94 Å². The molecule has 0 spiro atoms. The average Bonchev–Trinajstić information content (AvgIpc) is 3.07. The van der Waals surface area contributed by atoms with E-state index in [0.717, 1.165) is 12.1 Å². The molecule has 4 heteroatoms. The maximum atomic E-state index is 10.6. The van der Waals surface area contributed by atoms with Gasteiger partial charge in [-0.25, -0.2) is 0 Å². The molecular weight excluding hydrogens is 276 g/mol. The summed E-state index contributed by atoms with van der Waals surface area (Å²) in [7, 11) is 0. The largest absolute Gasteiger partial charge is 0.372 e. The van der Waals surface area contributed by atoms with Crippen molar-refractivity contribution in [2.24, 2.45) is 0 Å². The molecule has 0 amide bonds. The second kappa shape index (κ2) is 6.58. The van der Waals surface area contributed by atoms with Gasteiger partial charge in [0, 0.05) is 6.54 Å². The zero-order chi connectivity index (χ0) is 15.4. The molecule has 2 unspecified atom stereocenters. The van der Waals surface area contributed by atoms with Crippen LogP contribution in [0.1, 0.15) is 18.1 Å². The number of benzene rings is 2. The Morgan fingerprint density at radius 1 is 1.05 bits per heavy atom. The first-order chi connectivity index (χ1) is 10.7. The molecule has 4 nitrogen and oxygen atoms in total. The van der Waals surface area contributed by atoms with Gasteiger partial charge >= 0.3 is 0 Å². The number of nitrogens with zero attached hydrogens (tertiary/aromatic N) is 1. The van der Waals surface area contributed by atoms with Gasteiger partial charge in [0.05, 0.1) is 19.2 Å². The topological polar surface area (TPSA) is 44.5 Å². The molecule has 0 radical (unpaired) electrons. The zero-order valence-corrected chi connectivity index (χ0v) is 12.8. The number of hydrogen-bond donors (Lipinski definition) is 2. The molecule has 2 aromatic carbocycles. The molecule has 1 aliphatic rings. The lowest BCUT2D eigenvalue weighted by Crippen LogP contribution is -2.33. The lowest BCUT2D eigenvalue weighted by Gasteiger charge is -2.13. The summed E-state index contributed by atoms with van der Waals surface area (Å²) in [5.41, 5.74) is 4.37. The molecule has 3 rings (SSSR count). The van der Waals surface area contributed by atoms with Gasteiger partial charge in [-0.3, -0.25) is 9.74 Å². The standard InChI is InChI=1S/C18H22N2O2/c1-15-18(21,20(15)12-16-8-4-2-5-9-16)14-19-22-13-17-10-6-3-7-11-17/h2-11,15,19,21H,12-14H2,1H3/t15-,18?,20?/m0/s1. The first-order valence-electron chi connectivity index (χ1n) is 7.62. The van der Waals surface area contributed by atoms with Crippen molar-refractivity contribution in [2.45, 2.75) is 31.8 Å². The number of nitrogens with one attached hydrogen (secondary N) is 1. The Balaban J connectivity index is 1.44. The van der Waals surface area contributed by atoms with Crippen LogP contribution in [0.15, 0.2) is 60.7 Å². The first kappa shape index (κ1) is 15.2. The number of hydroxylamine groups is 1. The third kappa shape index (κ3) is 3.36. The van der Waals surface area contributed by atoms with Crippen LogP contribution in [0, 0.1) is 0 Å². The van der Waals surface area contributed by atoms with Gasteiger partial charge in [-0.2, -0.15) is 5.48 Å². The van der Waals surface area contributed by atoms with Crippen LogP contribution in [0.2, 0.25) is 0 Å². The van der Waals surface area contributed by atoms with Crippen LogP contribution in [0.4, 0.5) is 0 Å². The van der Waals surface area contributed by atoms with E-state index in [1.807, 2.05) is 55.5 Å². The van der Waals surface area contributed by atoms with Crippen LogP contribution in [0.3, 0.4) is 0 Å². The summed E-state index contributed by atoms with van der Waals surface area (Å²) in [5.74, 6) is 0. The van der Waals surface area contributed by atoms with Crippen molar-refractivity contribution in [1.29, 1.82) is 0 Å². The van der Waals surface area contributed by atoms with Crippen molar-refractivity contribution in [2.75, 3.05) is 6.54 Å². The third-order valence-electron chi connectivity index (χ3n) is 4.28. The molecule has 0 aromatic heterocycles. The van der Waals surface area contributed by atoms with E-state index >= 15 is 0 Å². The smallest absolute Gasteiger partial charge is 0.149 e. The normalized spacial score (nSPS) is 26.8. The van der Waals surface area contributed by atoms with Crippen molar-refractivity contribution in [1.82, 2.24) is 10.4 Å². The summed E-state index contributed by atoms with van der Waals surface area (Å²) in [6, 6.07) is 20.3. The van der Waals surface area contributed by atoms with Gasteiger partial charge in [0.15, 0.2) is 0 Å². The molecule has 3 atom stereocenters. The van der Waals surface area contributed by atoms with Gasteiger partial charge in [-0.05, 0) is 18.1 Å².